The predicted octanol–water partition coefficient (Wildman–Crippen LogP) is 2.56. The van der Waals surface area contributed by atoms with Crippen molar-refractivity contribution in [3.05, 3.63) is 29.8 Å². The summed E-state index contributed by atoms with van der Waals surface area (Å²) in [4.78, 5) is 29.3. The van der Waals surface area contributed by atoms with Crippen molar-refractivity contribution in [2.45, 2.75) is 38.6 Å². The van der Waals surface area contributed by atoms with Crippen LogP contribution in [0.15, 0.2) is 24.3 Å². The van der Waals surface area contributed by atoms with Gasteiger partial charge in [0, 0.05) is 20.1 Å². The quantitative estimate of drug-likeness (QED) is 0.805. The lowest BCUT2D eigenvalue weighted by molar-refractivity contribution is -0.134. The lowest BCUT2D eigenvalue weighted by Crippen LogP contribution is -2.47. The zero-order valence-corrected chi connectivity index (χ0v) is 14.5. The Morgan fingerprint density at radius 2 is 2.00 bits per heavy atom. The van der Waals surface area contributed by atoms with Gasteiger partial charge in [0.25, 0.3) is 5.91 Å². The minimum atomic E-state index is -0.337. The van der Waals surface area contributed by atoms with Crippen LogP contribution in [-0.4, -0.2) is 54.4 Å². The van der Waals surface area contributed by atoms with Crippen LogP contribution in [0.2, 0.25) is 0 Å². The van der Waals surface area contributed by atoms with Crippen molar-refractivity contribution in [2.24, 2.45) is 5.92 Å². The smallest absolute Gasteiger partial charge is 0.258 e. The number of hydrogen-bond donors (Lipinski definition) is 0. The summed E-state index contributed by atoms with van der Waals surface area (Å²) in [5, 5.41) is 0. The van der Waals surface area contributed by atoms with Crippen molar-refractivity contribution >= 4 is 11.8 Å². The molecule has 0 bridgehead atoms. The molecule has 0 radical (unpaired) electrons. The van der Waals surface area contributed by atoms with E-state index in [0.717, 1.165) is 19.4 Å². The van der Waals surface area contributed by atoms with Crippen molar-refractivity contribution in [3.63, 3.8) is 0 Å². The number of likely N-dealkylation sites (N-methyl/N-ethyl adjacent to an activating group) is 1. The Labute approximate surface area is 143 Å². The van der Waals surface area contributed by atoms with E-state index in [1.165, 1.54) is 12.8 Å². The van der Waals surface area contributed by atoms with E-state index in [4.69, 9.17) is 4.74 Å². The molecule has 24 heavy (non-hydrogen) atoms. The van der Waals surface area contributed by atoms with Crippen LogP contribution in [-0.2, 0) is 4.79 Å². The summed E-state index contributed by atoms with van der Waals surface area (Å²) in [6.45, 7) is 3.85. The number of benzene rings is 1. The van der Waals surface area contributed by atoms with E-state index in [1.54, 1.807) is 11.0 Å². The molecule has 1 aliphatic heterocycles. The number of nitrogens with zero attached hydrogens (tertiary/aromatic N) is 2. The summed E-state index contributed by atoms with van der Waals surface area (Å²) in [5.74, 6) is 1.22. The average molecular weight is 330 g/mol. The zero-order chi connectivity index (χ0) is 17.1. The Hall–Kier alpha value is -2.04. The monoisotopic (exact) mass is 330 g/mol. The standard InChI is InChI=1S/C19H26N2O3/c1-3-24-17-9-5-4-7-15(17)18(22)21-12-6-8-16(21)19(23)20(2)13-14-10-11-14/h4-5,7,9,14,16H,3,6,8,10-13H2,1-2H3. The van der Waals surface area contributed by atoms with E-state index in [2.05, 4.69) is 0 Å². The van der Waals surface area contributed by atoms with Gasteiger partial charge in [-0.1, -0.05) is 12.1 Å². The van der Waals surface area contributed by atoms with E-state index in [-0.39, 0.29) is 17.9 Å². The fourth-order valence-corrected chi connectivity index (χ4v) is 3.38. The minimum absolute atomic E-state index is 0.0710. The van der Waals surface area contributed by atoms with Gasteiger partial charge >= 0.3 is 0 Å². The first-order valence-corrected chi connectivity index (χ1v) is 8.89. The Morgan fingerprint density at radius 3 is 2.71 bits per heavy atom. The molecule has 1 saturated carbocycles. The molecule has 1 aliphatic carbocycles. The molecule has 2 amide bonds. The number of likely N-dealkylation sites (tertiary alicyclic amines) is 1. The van der Waals surface area contributed by atoms with Crippen molar-refractivity contribution < 1.29 is 14.3 Å². The Bertz CT molecular complexity index is 612. The molecule has 5 heteroatoms. The van der Waals surface area contributed by atoms with E-state index >= 15 is 0 Å². The maximum atomic E-state index is 13.0. The molecular formula is C19H26N2O3. The Morgan fingerprint density at radius 1 is 1.25 bits per heavy atom. The van der Waals surface area contributed by atoms with Crippen molar-refractivity contribution in [2.75, 3.05) is 26.7 Å². The van der Waals surface area contributed by atoms with Crippen molar-refractivity contribution in [3.8, 4) is 5.75 Å². The molecule has 5 nitrogen and oxygen atoms in total. The maximum absolute atomic E-state index is 13.0. The van der Waals surface area contributed by atoms with Crippen LogP contribution in [0.25, 0.3) is 0 Å². The molecule has 130 valence electrons. The van der Waals surface area contributed by atoms with Crippen LogP contribution in [0.4, 0.5) is 0 Å². The van der Waals surface area contributed by atoms with Crippen molar-refractivity contribution in [1.29, 1.82) is 0 Å². The highest BCUT2D eigenvalue weighted by atomic mass is 16.5. The van der Waals surface area contributed by atoms with Crippen LogP contribution >= 0.6 is 0 Å². The van der Waals surface area contributed by atoms with Crippen LogP contribution in [0, 0.1) is 5.92 Å². The molecule has 0 N–H and O–H groups in total. The topological polar surface area (TPSA) is 49.9 Å². The predicted molar refractivity (Wildman–Crippen MR) is 92.0 cm³/mol. The number of carbonyl (C=O) groups excluding carboxylic acids is 2. The molecule has 0 spiro atoms. The molecule has 1 aromatic rings. The number of ether oxygens (including phenoxy) is 1. The van der Waals surface area contributed by atoms with Gasteiger partial charge in [0.2, 0.25) is 5.91 Å². The third-order valence-electron chi connectivity index (χ3n) is 4.82. The summed E-state index contributed by atoms with van der Waals surface area (Å²) in [6.07, 6.45) is 4.05. The van der Waals surface area contributed by atoms with Gasteiger partial charge in [0.05, 0.1) is 12.2 Å². The van der Waals surface area contributed by atoms with E-state index < -0.39 is 0 Å². The van der Waals surface area contributed by atoms with Crippen LogP contribution in [0.1, 0.15) is 43.0 Å². The van der Waals surface area contributed by atoms with Crippen LogP contribution < -0.4 is 4.74 Å². The minimum Gasteiger partial charge on any atom is -0.493 e. The lowest BCUT2D eigenvalue weighted by Gasteiger charge is -2.28. The molecular weight excluding hydrogens is 304 g/mol. The fraction of sp³-hybridized carbons (Fsp3) is 0.579. The summed E-state index contributed by atoms with van der Waals surface area (Å²) < 4.78 is 5.58. The summed E-state index contributed by atoms with van der Waals surface area (Å²) in [6, 6.07) is 6.94. The molecule has 2 aliphatic rings. The van der Waals surface area contributed by atoms with E-state index in [0.29, 0.717) is 30.4 Å². The first kappa shape index (κ1) is 16.8. The molecule has 1 saturated heterocycles. The van der Waals surface area contributed by atoms with Gasteiger partial charge in [-0.25, -0.2) is 0 Å². The molecule has 3 rings (SSSR count). The second-order valence-electron chi connectivity index (χ2n) is 6.75. The number of para-hydroxylation sites is 1. The van der Waals surface area contributed by atoms with Gasteiger partial charge < -0.3 is 14.5 Å². The summed E-state index contributed by atoms with van der Waals surface area (Å²) in [5.41, 5.74) is 0.545. The second kappa shape index (κ2) is 7.24. The number of hydrogen-bond acceptors (Lipinski definition) is 3. The highest BCUT2D eigenvalue weighted by molar-refractivity contribution is 6.00. The largest absolute Gasteiger partial charge is 0.493 e. The van der Waals surface area contributed by atoms with Crippen LogP contribution in [0.3, 0.4) is 0 Å². The van der Waals surface area contributed by atoms with Gasteiger partial charge in [0.1, 0.15) is 11.8 Å². The molecule has 1 heterocycles. The van der Waals surface area contributed by atoms with Gasteiger partial charge in [-0.2, -0.15) is 0 Å². The maximum Gasteiger partial charge on any atom is 0.258 e. The zero-order valence-electron chi connectivity index (χ0n) is 14.5. The van der Waals surface area contributed by atoms with Gasteiger partial charge in [-0.3, -0.25) is 9.59 Å². The lowest BCUT2D eigenvalue weighted by atomic mass is 10.1. The molecule has 1 atom stereocenters. The highest BCUT2D eigenvalue weighted by Gasteiger charge is 2.37. The van der Waals surface area contributed by atoms with Crippen molar-refractivity contribution in [1.82, 2.24) is 9.80 Å². The Kier molecular flexibility index (Phi) is 5.07. The highest BCUT2D eigenvalue weighted by Crippen LogP contribution is 2.31. The molecule has 1 unspecified atom stereocenters. The molecule has 2 fully saturated rings. The summed E-state index contributed by atoms with van der Waals surface area (Å²) >= 11 is 0. The molecule has 0 aromatic heterocycles. The second-order valence-corrected chi connectivity index (χ2v) is 6.75. The van der Waals surface area contributed by atoms with Gasteiger partial charge in [0.15, 0.2) is 0 Å². The average Bonchev–Trinajstić information content (AvgIpc) is 3.26. The van der Waals surface area contributed by atoms with Gasteiger partial charge in [-0.05, 0) is 50.7 Å². The first-order valence-electron chi connectivity index (χ1n) is 8.89. The number of rotatable bonds is 6. The SMILES string of the molecule is CCOc1ccccc1C(=O)N1CCCC1C(=O)N(C)CC1CC1. The molecule has 1 aromatic carbocycles. The normalized spacial score (nSPS) is 20.1. The third kappa shape index (κ3) is 3.55. The third-order valence-corrected chi connectivity index (χ3v) is 4.82. The fourth-order valence-electron chi connectivity index (χ4n) is 3.38. The van der Waals surface area contributed by atoms with Crippen LogP contribution in [0.5, 0.6) is 5.75 Å². The van der Waals surface area contributed by atoms with E-state index in [9.17, 15) is 9.59 Å². The number of amides is 2. The van der Waals surface area contributed by atoms with Gasteiger partial charge in [-0.15, -0.1) is 0 Å². The van der Waals surface area contributed by atoms with E-state index in [1.807, 2.05) is 37.1 Å². The Balaban J connectivity index is 1.74. The first-order chi connectivity index (χ1) is 11.6. The number of carbonyl (C=O) groups is 2. The summed E-state index contributed by atoms with van der Waals surface area (Å²) in [7, 11) is 1.86.